The summed E-state index contributed by atoms with van der Waals surface area (Å²) in [4.78, 5) is 7.98. The van der Waals surface area contributed by atoms with Crippen LogP contribution in [0.15, 0.2) is 46.4 Å². The van der Waals surface area contributed by atoms with Gasteiger partial charge in [0.2, 0.25) is 0 Å². The molecule has 0 radical (unpaired) electrons. The Kier molecular flexibility index (Phi) is 8.69. The highest BCUT2D eigenvalue weighted by Gasteiger charge is 2.01. The Bertz CT molecular complexity index is 742. The van der Waals surface area contributed by atoms with Crippen LogP contribution in [-0.4, -0.2) is 31.2 Å². The van der Waals surface area contributed by atoms with E-state index in [0.29, 0.717) is 21.2 Å². The van der Waals surface area contributed by atoms with Gasteiger partial charge in [0.25, 0.3) is 0 Å². The maximum absolute atomic E-state index is 13.5. The molecule has 132 valence electrons. The number of rotatable bonds is 6. The molecule has 0 unspecified atom stereocenters. The maximum Gasteiger partial charge on any atom is 0.133 e. The van der Waals surface area contributed by atoms with Crippen LogP contribution in [-0.2, 0) is 0 Å². The van der Waals surface area contributed by atoms with Crippen LogP contribution in [0.5, 0.6) is 0 Å². The molecule has 0 aromatic heterocycles. The van der Waals surface area contributed by atoms with Gasteiger partial charge in [-0.05, 0) is 36.4 Å². The third-order valence-electron chi connectivity index (χ3n) is 2.95. The zero-order valence-electron chi connectivity index (χ0n) is 12.8. The third kappa shape index (κ3) is 6.90. The van der Waals surface area contributed by atoms with Crippen LogP contribution in [0.4, 0.5) is 8.78 Å². The molecule has 0 aliphatic carbocycles. The van der Waals surface area contributed by atoms with Gasteiger partial charge in [0, 0.05) is 33.6 Å². The fraction of sp³-hybridized carbons (Fsp3) is 0.118. The van der Waals surface area contributed by atoms with E-state index in [2.05, 4.69) is 9.98 Å². The number of hydrogen-bond acceptors (Lipinski definition) is 3. The lowest BCUT2D eigenvalue weighted by Crippen LogP contribution is -2.06. The lowest BCUT2D eigenvalue weighted by atomic mass is 10.2. The van der Waals surface area contributed by atoms with Crippen LogP contribution in [0, 0.1) is 17.0 Å². The van der Waals surface area contributed by atoms with Crippen LogP contribution in [0.25, 0.3) is 0 Å². The summed E-state index contributed by atoms with van der Waals surface area (Å²) in [6, 6.07) is 8.52. The summed E-state index contributed by atoms with van der Waals surface area (Å²) in [5, 5.41) is 8.35. The molecule has 2 aromatic carbocycles. The van der Waals surface area contributed by atoms with E-state index in [9.17, 15) is 8.78 Å². The molecule has 0 amide bonds. The van der Waals surface area contributed by atoms with Gasteiger partial charge in [-0.3, -0.25) is 9.98 Å². The minimum atomic E-state index is -0.478. The minimum Gasteiger partial charge on any atom is -0.306 e. The first-order valence-electron chi connectivity index (χ1n) is 6.92. The Hall–Kier alpha value is -1.82. The van der Waals surface area contributed by atoms with E-state index in [1.165, 1.54) is 36.7 Å². The van der Waals surface area contributed by atoms with Gasteiger partial charge < -0.3 is 5.41 Å². The van der Waals surface area contributed by atoms with Gasteiger partial charge >= 0.3 is 0 Å². The second-order valence-electron chi connectivity index (χ2n) is 4.87. The predicted octanol–water partition coefficient (Wildman–Crippen LogP) is 5.25. The van der Waals surface area contributed by atoms with Gasteiger partial charge in [-0.15, -0.1) is 12.4 Å². The number of halogens is 5. The van der Waals surface area contributed by atoms with Crippen LogP contribution in [0.1, 0.15) is 11.1 Å². The highest BCUT2D eigenvalue weighted by Crippen LogP contribution is 2.13. The van der Waals surface area contributed by atoms with Gasteiger partial charge in [-0.1, -0.05) is 23.2 Å². The van der Waals surface area contributed by atoms with Gasteiger partial charge in [-0.2, -0.15) is 0 Å². The quantitative estimate of drug-likeness (QED) is 0.639. The molecule has 8 heteroatoms. The Morgan fingerprint density at radius 2 is 1.28 bits per heavy atom. The largest absolute Gasteiger partial charge is 0.306 e. The van der Waals surface area contributed by atoms with Crippen molar-refractivity contribution in [3.05, 3.63) is 69.2 Å². The molecular weight excluding hydrogens is 391 g/mol. The van der Waals surface area contributed by atoms with Crippen molar-refractivity contribution in [3.63, 3.8) is 0 Å². The molecular formula is C17H14Cl3F2N3. The number of hydrogen-bond donors (Lipinski definition) is 1. The molecule has 1 N–H and O–H groups in total. The van der Waals surface area contributed by atoms with Crippen molar-refractivity contribution in [2.75, 3.05) is 13.1 Å². The molecule has 0 spiro atoms. The predicted molar refractivity (Wildman–Crippen MR) is 103 cm³/mol. The normalized spacial score (nSPS) is 11.0. The molecule has 2 aromatic rings. The van der Waals surface area contributed by atoms with Gasteiger partial charge in [0.1, 0.15) is 11.6 Å². The number of aliphatic imine (C=N–C) groups is 2. The molecule has 3 nitrogen and oxygen atoms in total. The average Bonchev–Trinajstić information content (AvgIpc) is 2.51. The summed E-state index contributed by atoms with van der Waals surface area (Å²) in [6.45, 7) is 0.144. The number of nitrogens with one attached hydrogen (secondary N) is 1. The van der Waals surface area contributed by atoms with E-state index in [0.717, 1.165) is 0 Å². The lowest BCUT2D eigenvalue weighted by molar-refractivity contribution is 0.625. The average molecular weight is 405 g/mol. The van der Waals surface area contributed by atoms with Crippen molar-refractivity contribution in [1.82, 2.24) is 0 Å². The standard InChI is InChI=1S/C17H13Cl2F2N3.ClH/c18-13-3-1-11(16(20)5-13)7-23-9-15(22)10-24-8-12-2-4-14(19)6-17(12)21;/h1-8,22H,9-10H2;1H. The molecule has 0 saturated carbocycles. The van der Waals surface area contributed by atoms with E-state index in [1.54, 1.807) is 12.1 Å². The lowest BCUT2D eigenvalue weighted by Gasteiger charge is -1.99. The Balaban J connectivity index is 0.00000312. The van der Waals surface area contributed by atoms with Crippen molar-refractivity contribution < 1.29 is 8.78 Å². The molecule has 0 heterocycles. The van der Waals surface area contributed by atoms with Crippen LogP contribution in [0.2, 0.25) is 10.0 Å². The number of benzene rings is 2. The number of nitrogens with zero attached hydrogens (tertiary/aromatic N) is 2. The molecule has 25 heavy (non-hydrogen) atoms. The maximum atomic E-state index is 13.5. The fourth-order valence-electron chi connectivity index (χ4n) is 1.77. The molecule has 0 saturated heterocycles. The summed E-state index contributed by atoms with van der Waals surface area (Å²) < 4.78 is 27.1. The van der Waals surface area contributed by atoms with E-state index < -0.39 is 11.6 Å². The highest BCUT2D eigenvalue weighted by molar-refractivity contribution is 6.30. The van der Waals surface area contributed by atoms with E-state index in [-0.39, 0.29) is 31.2 Å². The minimum absolute atomic E-state index is 0. The molecule has 0 aliphatic rings. The molecule has 2 rings (SSSR count). The summed E-state index contributed by atoms with van der Waals surface area (Å²) >= 11 is 11.3. The second-order valence-corrected chi connectivity index (χ2v) is 5.75. The summed E-state index contributed by atoms with van der Waals surface area (Å²) in [5.74, 6) is -0.956. The first kappa shape index (κ1) is 21.2. The van der Waals surface area contributed by atoms with Gasteiger partial charge in [-0.25, -0.2) is 8.78 Å². The van der Waals surface area contributed by atoms with Crippen molar-refractivity contribution in [1.29, 1.82) is 5.41 Å². The molecule has 0 bridgehead atoms. The van der Waals surface area contributed by atoms with E-state index in [4.69, 9.17) is 28.6 Å². The van der Waals surface area contributed by atoms with Gasteiger partial charge in [0.15, 0.2) is 0 Å². The van der Waals surface area contributed by atoms with Crippen LogP contribution >= 0.6 is 35.6 Å². The SMILES string of the molecule is Cl.N=C(CN=Cc1ccc(Cl)cc1F)CN=Cc1ccc(Cl)cc1F. The first-order chi connectivity index (χ1) is 11.5. The summed E-state index contributed by atoms with van der Waals surface area (Å²) in [7, 11) is 0. The van der Waals surface area contributed by atoms with Crippen molar-refractivity contribution in [2.45, 2.75) is 0 Å². The Morgan fingerprint density at radius 3 is 1.64 bits per heavy atom. The van der Waals surface area contributed by atoms with E-state index in [1.807, 2.05) is 0 Å². The zero-order valence-corrected chi connectivity index (χ0v) is 15.2. The first-order valence-corrected chi connectivity index (χ1v) is 7.67. The Morgan fingerprint density at radius 1 is 0.880 bits per heavy atom. The van der Waals surface area contributed by atoms with Crippen LogP contribution in [0.3, 0.4) is 0 Å². The smallest absolute Gasteiger partial charge is 0.133 e. The van der Waals surface area contributed by atoms with Crippen molar-refractivity contribution in [2.24, 2.45) is 9.98 Å². The topological polar surface area (TPSA) is 48.6 Å². The highest BCUT2D eigenvalue weighted by atomic mass is 35.5. The van der Waals surface area contributed by atoms with Crippen LogP contribution < -0.4 is 0 Å². The molecule has 0 fully saturated rings. The second kappa shape index (κ2) is 10.2. The van der Waals surface area contributed by atoms with E-state index >= 15 is 0 Å². The molecule has 0 aliphatic heterocycles. The van der Waals surface area contributed by atoms with Gasteiger partial charge in [0.05, 0.1) is 18.8 Å². The summed E-state index contributed by atoms with van der Waals surface area (Å²) in [5.41, 5.74) is 0.795. The monoisotopic (exact) mass is 403 g/mol. The fourth-order valence-corrected chi connectivity index (χ4v) is 2.09. The molecule has 0 atom stereocenters. The zero-order chi connectivity index (χ0) is 17.5. The summed E-state index contributed by atoms with van der Waals surface area (Å²) in [6.07, 6.45) is 2.67. The van der Waals surface area contributed by atoms with Crippen molar-refractivity contribution >= 4 is 53.7 Å². The van der Waals surface area contributed by atoms with Crippen molar-refractivity contribution in [3.8, 4) is 0 Å². The Labute approximate surface area is 160 Å². The third-order valence-corrected chi connectivity index (χ3v) is 3.42.